The third kappa shape index (κ3) is 4.79. The van der Waals surface area contributed by atoms with Crippen molar-refractivity contribution in [1.29, 1.82) is 0 Å². The largest absolute Gasteiger partial charge is 0.391 e. The number of aliphatic hydroxyl groups is 1. The maximum Gasteiger partial charge on any atom is 0.248 e. The molecule has 0 heterocycles. The molecule has 1 aromatic carbocycles. The number of likely N-dealkylation sites (N-methyl/N-ethyl adjacent to an activating group) is 1. The predicted octanol–water partition coefficient (Wildman–Crippen LogP) is 1.62. The molecule has 5 heteroatoms. The Kier molecular flexibility index (Phi) is 5.77. The molecule has 0 aliphatic heterocycles. The topological polar surface area (TPSA) is 69.6 Å². The predicted molar refractivity (Wildman–Crippen MR) is 88.6 cm³/mol. The number of hydrogen-bond donors (Lipinski definition) is 2. The first-order chi connectivity index (χ1) is 10.9. The Morgan fingerprint density at radius 2 is 2.09 bits per heavy atom. The monoisotopic (exact) mass is 318 g/mol. The summed E-state index contributed by atoms with van der Waals surface area (Å²) in [7, 11) is 0. The Morgan fingerprint density at radius 3 is 2.61 bits per heavy atom. The van der Waals surface area contributed by atoms with E-state index >= 15 is 0 Å². The maximum atomic E-state index is 12.7. The summed E-state index contributed by atoms with van der Waals surface area (Å²) < 4.78 is 0. The highest BCUT2D eigenvalue weighted by atomic mass is 16.3. The molecule has 2 unspecified atom stereocenters. The molecule has 1 aromatic rings. The molecular formula is C18H26N2O3. The van der Waals surface area contributed by atoms with E-state index in [4.69, 9.17) is 0 Å². The van der Waals surface area contributed by atoms with Crippen molar-refractivity contribution in [3.63, 3.8) is 0 Å². The molecule has 1 aliphatic carbocycles. The van der Waals surface area contributed by atoms with Crippen LogP contribution < -0.4 is 5.32 Å². The summed E-state index contributed by atoms with van der Waals surface area (Å²) in [6, 6.07) is 7.10. The molecule has 2 N–H and O–H groups in total. The third-order valence-corrected chi connectivity index (χ3v) is 4.14. The van der Waals surface area contributed by atoms with Gasteiger partial charge in [-0.3, -0.25) is 9.59 Å². The van der Waals surface area contributed by atoms with Gasteiger partial charge in [0.05, 0.1) is 6.10 Å². The molecule has 0 bridgehead atoms. The lowest BCUT2D eigenvalue weighted by Gasteiger charge is -2.28. The molecule has 2 rings (SSSR count). The minimum Gasteiger partial charge on any atom is -0.391 e. The fourth-order valence-electron chi connectivity index (χ4n) is 2.58. The highest BCUT2D eigenvalue weighted by molar-refractivity contribution is 5.89. The lowest BCUT2D eigenvalue weighted by molar-refractivity contribution is -0.140. The summed E-state index contributed by atoms with van der Waals surface area (Å²) in [4.78, 5) is 26.3. The SMILES string of the molecule is CCN(Cc1cccc(C)c1)C(=O)C(NC(=O)C1CC1)C(C)O. The minimum atomic E-state index is -0.920. The van der Waals surface area contributed by atoms with E-state index in [2.05, 4.69) is 5.32 Å². The molecule has 126 valence electrons. The summed E-state index contributed by atoms with van der Waals surface area (Å²) in [5.41, 5.74) is 2.18. The number of aliphatic hydroxyl groups excluding tert-OH is 1. The van der Waals surface area contributed by atoms with Gasteiger partial charge in [0.25, 0.3) is 0 Å². The first-order valence-electron chi connectivity index (χ1n) is 8.25. The van der Waals surface area contributed by atoms with E-state index in [9.17, 15) is 14.7 Å². The van der Waals surface area contributed by atoms with Gasteiger partial charge in [-0.15, -0.1) is 0 Å². The molecule has 23 heavy (non-hydrogen) atoms. The fraction of sp³-hybridized carbons (Fsp3) is 0.556. The Morgan fingerprint density at radius 1 is 1.39 bits per heavy atom. The molecular weight excluding hydrogens is 292 g/mol. The molecule has 1 saturated carbocycles. The molecule has 1 aliphatic rings. The van der Waals surface area contributed by atoms with Crippen LogP contribution in [-0.4, -0.2) is 40.5 Å². The number of amides is 2. The Hall–Kier alpha value is -1.88. The molecule has 0 saturated heterocycles. The van der Waals surface area contributed by atoms with Crippen LogP contribution in [0.15, 0.2) is 24.3 Å². The highest BCUT2D eigenvalue weighted by Gasteiger charge is 2.35. The lowest BCUT2D eigenvalue weighted by Crippen LogP contribution is -2.53. The van der Waals surface area contributed by atoms with Crippen molar-refractivity contribution < 1.29 is 14.7 Å². The summed E-state index contributed by atoms with van der Waals surface area (Å²) in [5.74, 6) is -0.357. The Labute approximate surface area is 137 Å². The average Bonchev–Trinajstić information content (AvgIpc) is 3.34. The number of hydrogen-bond acceptors (Lipinski definition) is 3. The van der Waals surface area contributed by atoms with Crippen molar-refractivity contribution in [3.8, 4) is 0 Å². The third-order valence-electron chi connectivity index (χ3n) is 4.14. The number of benzene rings is 1. The van der Waals surface area contributed by atoms with E-state index < -0.39 is 12.1 Å². The van der Waals surface area contributed by atoms with Crippen molar-refractivity contribution >= 4 is 11.8 Å². The van der Waals surface area contributed by atoms with Crippen molar-refractivity contribution in [2.24, 2.45) is 5.92 Å². The van der Waals surface area contributed by atoms with E-state index in [0.29, 0.717) is 13.1 Å². The molecule has 2 amide bonds. The van der Waals surface area contributed by atoms with E-state index in [-0.39, 0.29) is 17.7 Å². The van der Waals surface area contributed by atoms with Crippen LogP contribution >= 0.6 is 0 Å². The quantitative estimate of drug-likeness (QED) is 0.802. The number of carbonyl (C=O) groups excluding carboxylic acids is 2. The van der Waals surface area contributed by atoms with Gasteiger partial charge in [-0.1, -0.05) is 29.8 Å². The smallest absolute Gasteiger partial charge is 0.248 e. The van der Waals surface area contributed by atoms with E-state index in [1.165, 1.54) is 6.92 Å². The molecule has 5 nitrogen and oxygen atoms in total. The second-order valence-electron chi connectivity index (χ2n) is 6.34. The number of nitrogens with zero attached hydrogens (tertiary/aromatic N) is 1. The standard InChI is InChI=1S/C18H26N2O3/c1-4-20(11-14-7-5-6-12(2)10-14)18(23)16(13(3)21)19-17(22)15-8-9-15/h5-7,10,13,15-16,21H,4,8-9,11H2,1-3H3,(H,19,22). The number of aryl methyl sites for hydroxylation is 1. The lowest BCUT2D eigenvalue weighted by atomic mass is 10.1. The minimum absolute atomic E-state index is 0.0101. The van der Waals surface area contributed by atoms with Gasteiger partial charge in [0.1, 0.15) is 6.04 Å². The number of carbonyl (C=O) groups is 2. The van der Waals surface area contributed by atoms with E-state index in [0.717, 1.165) is 24.0 Å². The van der Waals surface area contributed by atoms with Crippen LogP contribution in [0.4, 0.5) is 0 Å². The molecule has 0 spiro atoms. The highest BCUT2D eigenvalue weighted by Crippen LogP contribution is 2.29. The zero-order valence-corrected chi connectivity index (χ0v) is 14.1. The average molecular weight is 318 g/mol. The van der Waals surface area contributed by atoms with Crippen LogP contribution in [0.1, 0.15) is 37.8 Å². The van der Waals surface area contributed by atoms with Crippen LogP contribution in [0.25, 0.3) is 0 Å². The van der Waals surface area contributed by atoms with Crippen LogP contribution in [0.5, 0.6) is 0 Å². The Bertz CT molecular complexity index is 567. The van der Waals surface area contributed by atoms with E-state index in [1.807, 2.05) is 38.1 Å². The van der Waals surface area contributed by atoms with Gasteiger partial charge in [0.15, 0.2) is 0 Å². The zero-order chi connectivity index (χ0) is 17.0. The zero-order valence-electron chi connectivity index (χ0n) is 14.1. The van der Waals surface area contributed by atoms with E-state index in [1.54, 1.807) is 4.90 Å². The maximum absolute atomic E-state index is 12.7. The summed E-state index contributed by atoms with van der Waals surface area (Å²) in [6.07, 6.45) is 0.817. The van der Waals surface area contributed by atoms with Gasteiger partial charge < -0.3 is 15.3 Å². The van der Waals surface area contributed by atoms with Gasteiger partial charge in [-0.05, 0) is 39.2 Å². The number of nitrogens with one attached hydrogen (secondary N) is 1. The van der Waals surface area contributed by atoms with Crippen molar-refractivity contribution in [3.05, 3.63) is 35.4 Å². The van der Waals surface area contributed by atoms with Gasteiger partial charge in [0, 0.05) is 19.0 Å². The normalized spacial score (nSPS) is 16.5. The van der Waals surface area contributed by atoms with Gasteiger partial charge in [-0.25, -0.2) is 0 Å². The van der Waals surface area contributed by atoms with Crippen LogP contribution in [-0.2, 0) is 16.1 Å². The van der Waals surface area contributed by atoms with Gasteiger partial charge >= 0.3 is 0 Å². The summed E-state index contributed by atoms with van der Waals surface area (Å²) in [5, 5.41) is 12.6. The van der Waals surface area contributed by atoms with Crippen molar-refractivity contribution in [2.45, 2.75) is 52.3 Å². The summed E-state index contributed by atoms with van der Waals surface area (Å²) >= 11 is 0. The van der Waals surface area contributed by atoms with Crippen LogP contribution in [0.2, 0.25) is 0 Å². The summed E-state index contributed by atoms with van der Waals surface area (Å²) in [6.45, 7) is 6.44. The second kappa shape index (κ2) is 7.59. The second-order valence-corrected chi connectivity index (χ2v) is 6.34. The fourth-order valence-corrected chi connectivity index (χ4v) is 2.58. The van der Waals surface area contributed by atoms with Gasteiger partial charge in [0.2, 0.25) is 11.8 Å². The van der Waals surface area contributed by atoms with Gasteiger partial charge in [-0.2, -0.15) is 0 Å². The van der Waals surface area contributed by atoms with Crippen molar-refractivity contribution in [1.82, 2.24) is 10.2 Å². The Balaban J connectivity index is 2.06. The van der Waals surface area contributed by atoms with Crippen LogP contribution in [0, 0.1) is 12.8 Å². The molecule has 0 radical (unpaired) electrons. The molecule has 1 fully saturated rings. The molecule has 2 atom stereocenters. The number of rotatable bonds is 7. The first kappa shape index (κ1) is 17.5. The van der Waals surface area contributed by atoms with Crippen molar-refractivity contribution in [2.75, 3.05) is 6.54 Å². The van der Waals surface area contributed by atoms with Crippen LogP contribution in [0.3, 0.4) is 0 Å². The first-order valence-corrected chi connectivity index (χ1v) is 8.25. The molecule has 0 aromatic heterocycles.